The Balaban J connectivity index is 1.58. The van der Waals surface area contributed by atoms with Gasteiger partial charge >= 0.3 is 0 Å². The van der Waals surface area contributed by atoms with Gasteiger partial charge in [0, 0.05) is 13.1 Å². The SMILES string of the molecule is CC(=O)c1ccc(C(=O)Nc2nc3ccccc3n2CCN2CCCC2)s1. The van der Waals surface area contributed by atoms with E-state index >= 15 is 0 Å². The van der Waals surface area contributed by atoms with Crippen LogP contribution in [0.2, 0.25) is 0 Å². The molecule has 1 aromatic carbocycles. The molecule has 27 heavy (non-hydrogen) atoms. The molecule has 0 saturated carbocycles. The minimum absolute atomic E-state index is 0.0306. The van der Waals surface area contributed by atoms with Crippen LogP contribution in [0.15, 0.2) is 36.4 Å². The number of carbonyl (C=O) groups excluding carboxylic acids is 2. The van der Waals surface area contributed by atoms with Crippen LogP contribution in [0.5, 0.6) is 0 Å². The van der Waals surface area contributed by atoms with Crippen molar-refractivity contribution in [3.63, 3.8) is 0 Å². The Hall–Kier alpha value is -2.51. The van der Waals surface area contributed by atoms with Gasteiger partial charge in [-0.05, 0) is 57.1 Å². The molecular formula is C20H22N4O2S. The number of hydrogen-bond donors (Lipinski definition) is 1. The van der Waals surface area contributed by atoms with E-state index in [1.165, 1.54) is 31.1 Å². The number of amides is 1. The Morgan fingerprint density at radius 2 is 1.81 bits per heavy atom. The number of imidazole rings is 1. The largest absolute Gasteiger partial charge is 0.309 e. The Bertz CT molecular complexity index is 985. The molecule has 1 amide bonds. The van der Waals surface area contributed by atoms with Gasteiger partial charge in [-0.15, -0.1) is 11.3 Å². The standard InChI is InChI=1S/C20H22N4O2S/c1-14(25)17-8-9-18(27-17)19(26)22-20-21-15-6-2-3-7-16(15)24(20)13-12-23-10-4-5-11-23/h2-3,6-9H,4-5,10-13H2,1H3,(H,21,22,26). The van der Waals surface area contributed by atoms with Crippen molar-refractivity contribution < 1.29 is 9.59 Å². The molecule has 1 fully saturated rings. The number of likely N-dealkylation sites (tertiary alicyclic amines) is 1. The highest BCUT2D eigenvalue weighted by atomic mass is 32.1. The number of fused-ring (bicyclic) bond motifs is 1. The molecule has 1 saturated heterocycles. The van der Waals surface area contributed by atoms with Crippen LogP contribution in [-0.4, -0.2) is 45.8 Å². The smallest absolute Gasteiger partial charge is 0.268 e. The maximum absolute atomic E-state index is 12.7. The number of benzene rings is 1. The lowest BCUT2D eigenvalue weighted by Gasteiger charge is -2.16. The molecule has 6 nitrogen and oxygen atoms in total. The molecule has 3 aromatic rings. The maximum atomic E-state index is 12.7. The van der Waals surface area contributed by atoms with Gasteiger partial charge in [-0.25, -0.2) is 4.98 Å². The number of anilines is 1. The normalized spacial score (nSPS) is 14.7. The second kappa shape index (κ2) is 7.62. The van der Waals surface area contributed by atoms with Gasteiger partial charge in [0.1, 0.15) is 0 Å². The third-order valence-electron chi connectivity index (χ3n) is 4.90. The fourth-order valence-corrected chi connectivity index (χ4v) is 4.25. The first-order chi connectivity index (χ1) is 13.1. The molecule has 1 N–H and O–H groups in total. The van der Waals surface area contributed by atoms with Crippen LogP contribution in [0, 0.1) is 0 Å². The Morgan fingerprint density at radius 1 is 1.07 bits per heavy atom. The molecule has 4 rings (SSSR count). The minimum atomic E-state index is -0.231. The van der Waals surface area contributed by atoms with Gasteiger partial charge in [-0.2, -0.15) is 0 Å². The van der Waals surface area contributed by atoms with E-state index in [0.29, 0.717) is 15.7 Å². The number of nitrogens with one attached hydrogen (secondary N) is 1. The van der Waals surface area contributed by atoms with Gasteiger partial charge in [0.25, 0.3) is 5.91 Å². The summed E-state index contributed by atoms with van der Waals surface area (Å²) in [7, 11) is 0. The first-order valence-corrected chi connectivity index (χ1v) is 10.0. The monoisotopic (exact) mass is 382 g/mol. The molecule has 0 atom stereocenters. The number of ketones is 1. The van der Waals surface area contributed by atoms with E-state index < -0.39 is 0 Å². The van der Waals surface area contributed by atoms with Crippen molar-refractivity contribution in [3.8, 4) is 0 Å². The molecule has 0 bridgehead atoms. The number of hydrogen-bond acceptors (Lipinski definition) is 5. The summed E-state index contributed by atoms with van der Waals surface area (Å²) >= 11 is 1.21. The molecule has 1 aliphatic rings. The lowest BCUT2D eigenvalue weighted by atomic mass is 10.3. The van der Waals surface area contributed by atoms with Crippen molar-refractivity contribution in [1.29, 1.82) is 0 Å². The van der Waals surface area contributed by atoms with Crippen molar-refractivity contribution in [3.05, 3.63) is 46.2 Å². The maximum Gasteiger partial charge on any atom is 0.268 e. The zero-order valence-corrected chi connectivity index (χ0v) is 16.1. The average Bonchev–Trinajstić information content (AvgIpc) is 3.39. The van der Waals surface area contributed by atoms with Crippen LogP contribution in [0.3, 0.4) is 0 Å². The summed E-state index contributed by atoms with van der Waals surface area (Å²) in [5, 5.41) is 2.94. The summed E-state index contributed by atoms with van der Waals surface area (Å²) in [6.45, 7) is 5.50. The topological polar surface area (TPSA) is 67.2 Å². The highest BCUT2D eigenvalue weighted by Crippen LogP contribution is 2.23. The highest BCUT2D eigenvalue weighted by Gasteiger charge is 2.18. The van der Waals surface area contributed by atoms with E-state index in [-0.39, 0.29) is 11.7 Å². The van der Waals surface area contributed by atoms with Crippen LogP contribution in [0.25, 0.3) is 11.0 Å². The summed E-state index contributed by atoms with van der Waals surface area (Å²) in [6, 6.07) is 11.3. The van der Waals surface area contributed by atoms with Crippen LogP contribution >= 0.6 is 11.3 Å². The lowest BCUT2D eigenvalue weighted by molar-refractivity contribution is 0.101. The molecule has 0 radical (unpaired) electrons. The van der Waals surface area contributed by atoms with Crippen molar-refractivity contribution >= 4 is 40.0 Å². The van der Waals surface area contributed by atoms with E-state index in [1.54, 1.807) is 12.1 Å². The van der Waals surface area contributed by atoms with Gasteiger partial charge < -0.3 is 9.47 Å². The van der Waals surface area contributed by atoms with Crippen LogP contribution in [0.1, 0.15) is 39.1 Å². The van der Waals surface area contributed by atoms with E-state index in [9.17, 15) is 9.59 Å². The molecule has 7 heteroatoms. The van der Waals surface area contributed by atoms with E-state index in [0.717, 1.165) is 37.2 Å². The third kappa shape index (κ3) is 3.79. The van der Waals surface area contributed by atoms with Gasteiger partial charge in [-0.1, -0.05) is 12.1 Å². The Morgan fingerprint density at radius 3 is 2.56 bits per heavy atom. The van der Waals surface area contributed by atoms with Gasteiger partial charge in [0.15, 0.2) is 5.78 Å². The Labute approximate surface area is 161 Å². The second-order valence-electron chi connectivity index (χ2n) is 6.80. The van der Waals surface area contributed by atoms with Gasteiger partial charge in [0.05, 0.1) is 20.8 Å². The second-order valence-corrected chi connectivity index (χ2v) is 7.88. The minimum Gasteiger partial charge on any atom is -0.309 e. The zero-order chi connectivity index (χ0) is 18.8. The number of para-hydroxylation sites is 2. The highest BCUT2D eigenvalue weighted by molar-refractivity contribution is 7.16. The van der Waals surface area contributed by atoms with Crippen molar-refractivity contribution in [2.45, 2.75) is 26.3 Å². The predicted molar refractivity (Wildman–Crippen MR) is 108 cm³/mol. The van der Waals surface area contributed by atoms with Crippen molar-refractivity contribution in [2.75, 3.05) is 25.0 Å². The van der Waals surface area contributed by atoms with Crippen molar-refractivity contribution in [2.24, 2.45) is 0 Å². The van der Waals surface area contributed by atoms with E-state index in [2.05, 4.69) is 19.8 Å². The number of carbonyl (C=O) groups is 2. The molecule has 140 valence electrons. The lowest BCUT2D eigenvalue weighted by Crippen LogP contribution is -2.25. The predicted octanol–water partition coefficient (Wildman–Crippen LogP) is 3.65. The summed E-state index contributed by atoms with van der Waals surface area (Å²) < 4.78 is 2.07. The van der Waals surface area contributed by atoms with Crippen LogP contribution < -0.4 is 5.32 Å². The molecule has 2 aromatic heterocycles. The quantitative estimate of drug-likeness (QED) is 0.661. The number of rotatable bonds is 6. The van der Waals surface area contributed by atoms with E-state index in [4.69, 9.17) is 0 Å². The molecular weight excluding hydrogens is 360 g/mol. The Kier molecular flexibility index (Phi) is 5.05. The summed E-state index contributed by atoms with van der Waals surface area (Å²) in [5.74, 6) is 0.292. The fraction of sp³-hybridized carbons (Fsp3) is 0.350. The van der Waals surface area contributed by atoms with Crippen LogP contribution in [-0.2, 0) is 6.54 Å². The molecule has 3 heterocycles. The number of aromatic nitrogens is 2. The van der Waals surface area contributed by atoms with E-state index in [1.807, 2.05) is 24.3 Å². The summed E-state index contributed by atoms with van der Waals surface area (Å²) in [4.78, 5) is 32.3. The fourth-order valence-electron chi connectivity index (χ4n) is 3.46. The number of thiophene rings is 1. The first kappa shape index (κ1) is 17.9. The van der Waals surface area contributed by atoms with Gasteiger partial charge in [-0.3, -0.25) is 14.9 Å². The number of nitrogens with zero attached hydrogens (tertiary/aromatic N) is 3. The third-order valence-corrected chi connectivity index (χ3v) is 6.08. The summed E-state index contributed by atoms with van der Waals surface area (Å²) in [5.41, 5.74) is 1.88. The molecule has 0 unspecified atom stereocenters. The molecule has 0 spiro atoms. The van der Waals surface area contributed by atoms with Crippen molar-refractivity contribution in [1.82, 2.24) is 14.5 Å². The summed E-state index contributed by atoms with van der Waals surface area (Å²) in [6.07, 6.45) is 2.51. The molecule has 1 aliphatic heterocycles. The average molecular weight is 382 g/mol. The first-order valence-electron chi connectivity index (χ1n) is 9.21. The molecule has 0 aliphatic carbocycles. The zero-order valence-electron chi connectivity index (χ0n) is 15.3. The van der Waals surface area contributed by atoms with Crippen LogP contribution in [0.4, 0.5) is 5.95 Å². The van der Waals surface area contributed by atoms with Gasteiger partial charge in [0.2, 0.25) is 5.95 Å². The number of Topliss-reactive ketones (excluding diaryl/α,β-unsaturated/α-hetero) is 1.